The topological polar surface area (TPSA) is 21.3 Å². The third-order valence-corrected chi connectivity index (χ3v) is 3.57. The van der Waals surface area contributed by atoms with Gasteiger partial charge in [-0.25, -0.2) is 0 Å². The summed E-state index contributed by atoms with van der Waals surface area (Å²) in [6, 6.07) is 8.93. The normalized spacial score (nSPS) is 14.4. The van der Waals surface area contributed by atoms with E-state index in [2.05, 4.69) is 64.2 Å². The van der Waals surface area contributed by atoms with Crippen LogP contribution in [0.4, 0.5) is 0 Å². The average molecular weight is 263 g/mol. The van der Waals surface area contributed by atoms with E-state index in [0.717, 1.165) is 25.1 Å². The number of nitrogens with one attached hydrogen (secondary N) is 1. The Bertz CT molecular complexity index is 362. The Morgan fingerprint density at radius 2 is 1.89 bits per heavy atom. The van der Waals surface area contributed by atoms with Crippen molar-refractivity contribution in [3.8, 4) is 5.75 Å². The number of rotatable bonds is 8. The summed E-state index contributed by atoms with van der Waals surface area (Å²) in [7, 11) is 0. The van der Waals surface area contributed by atoms with Gasteiger partial charge in [-0.05, 0) is 49.9 Å². The minimum Gasteiger partial charge on any atom is -0.490 e. The molecule has 1 aromatic carbocycles. The molecule has 2 unspecified atom stereocenters. The Labute approximate surface area is 118 Å². The number of hydrogen-bond donors (Lipinski definition) is 1. The maximum absolute atomic E-state index is 5.99. The van der Waals surface area contributed by atoms with E-state index < -0.39 is 0 Å². The monoisotopic (exact) mass is 263 g/mol. The van der Waals surface area contributed by atoms with Crippen molar-refractivity contribution >= 4 is 0 Å². The van der Waals surface area contributed by atoms with Crippen molar-refractivity contribution in [3.05, 3.63) is 29.8 Å². The van der Waals surface area contributed by atoms with Crippen LogP contribution in [0, 0.1) is 5.92 Å². The summed E-state index contributed by atoms with van der Waals surface area (Å²) < 4.78 is 5.99. The molecule has 0 aliphatic carbocycles. The van der Waals surface area contributed by atoms with Crippen LogP contribution < -0.4 is 10.1 Å². The Morgan fingerprint density at radius 1 is 1.16 bits per heavy atom. The van der Waals surface area contributed by atoms with E-state index in [1.54, 1.807) is 0 Å². The lowest BCUT2D eigenvalue weighted by molar-refractivity contribution is 0.170. The molecule has 108 valence electrons. The number of hydrogen-bond acceptors (Lipinski definition) is 2. The molecular formula is C17H29NO. The summed E-state index contributed by atoms with van der Waals surface area (Å²) in [6.07, 6.45) is 2.51. The van der Waals surface area contributed by atoms with Crippen molar-refractivity contribution in [3.63, 3.8) is 0 Å². The second-order valence-corrected chi connectivity index (χ2v) is 5.55. The van der Waals surface area contributed by atoms with Crippen LogP contribution in [0.5, 0.6) is 5.75 Å². The van der Waals surface area contributed by atoms with E-state index >= 15 is 0 Å². The quantitative estimate of drug-likeness (QED) is 0.742. The largest absolute Gasteiger partial charge is 0.490 e. The van der Waals surface area contributed by atoms with Gasteiger partial charge in [0.1, 0.15) is 5.75 Å². The molecule has 0 spiro atoms. The van der Waals surface area contributed by atoms with E-state index in [0.29, 0.717) is 12.0 Å². The van der Waals surface area contributed by atoms with Gasteiger partial charge in [-0.1, -0.05) is 39.8 Å². The van der Waals surface area contributed by atoms with Gasteiger partial charge in [0.25, 0.3) is 0 Å². The van der Waals surface area contributed by atoms with E-state index in [4.69, 9.17) is 4.74 Å². The fourth-order valence-corrected chi connectivity index (χ4v) is 1.97. The van der Waals surface area contributed by atoms with Crippen molar-refractivity contribution in [2.45, 2.75) is 59.6 Å². The van der Waals surface area contributed by atoms with E-state index in [-0.39, 0.29) is 6.10 Å². The van der Waals surface area contributed by atoms with Gasteiger partial charge >= 0.3 is 0 Å². The minimum absolute atomic E-state index is 0.249. The molecule has 1 aromatic rings. The van der Waals surface area contributed by atoms with Gasteiger partial charge in [0.2, 0.25) is 0 Å². The van der Waals surface area contributed by atoms with Crippen molar-refractivity contribution in [2.75, 3.05) is 6.54 Å². The van der Waals surface area contributed by atoms with Gasteiger partial charge < -0.3 is 10.1 Å². The third kappa shape index (κ3) is 5.23. The molecule has 0 fully saturated rings. The summed E-state index contributed by atoms with van der Waals surface area (Å²) in [5, 5.41) is 3.58. The van der Waals surface area contributed by atoms with Crippen LogP contribution in [0.3, 0.4) is 0 Å². The second-order valence-electron chi connectivity index (χ2n) is 5.55. The molecule has 0 saturated carbocycles. The van der Waals surface area contributed by atoms with Crippen molar-refractivity contribution in [1.82, 2.24) is 5.32 Å². The van der Waals surface area contributed by atoms with Crippen LogP contribution >= 0.6 is 0 Å². The first-order chi connectivity index (χ1) is 9.08. The molecule has 0 amide bonds. The van der Waals surface area contributed by atoms with Crippen LogP contribution in [-0.4, -0.2) is 12.6 Å². The SMILES string of the molecule is CCCNC(CC)c1cccc(OC(C)C(C)C)c1. The van der Waals surface area contributed by atoms with Crippen LogP contribution in [0.1, 0.15) is 59.1 Å². The van der Waals surface area contributed by atoms with Gasteiger partial charge in [-0.15, -0.1) is 0 Å². The molecule has 19 heavy (non-hydrogen) atoms. The van der Waals surface area contributed by atoms with E-state index in [1.165, 1.54) is 5.56 Å². The summed E-state index contributed by atoms with van der Waals surface area (Å²) in [4.78, 5) is 0. The molecule has 2 heteroatoms. The molecule has 0 aromatic heterocycles. The lowest BCUT2D eigenvalue weighted by atomic mass is 10.0. The first-order valence-electron chi connectivity index (χ1n) is 7.58. The van der Waals surface area contributed by atoms with Gasteiger partial charge in [0.15, 0.2) is 0 Å². The van der Waals surface area contributed by atoms with Crippen LogP contribution in [-0.2, 0) is 0 Å². The Morgan fingerprint density at radius 3 is 2.47 bits per heavy atom. The highest BCUT2D eigenvalue weighted by Gasteiger charge is 2.12. The highest BCUT2D eigenvalue weighted by molar-refractivity contribution is 5.30. The molecule has 0 aliphatic heterocycles. The number of benzene rings is 1. The molecule has 0 aliphatic rings. The van der Waals surface area contributed by atoms with E-state index in [9.17, 15) is 0 Å². The number of ether oxygens (including phenoxy) is 1. The highest BCUT2D eigenvalue weighted by Crippen LogP contribution is 2.23. The zero-order chi connectivity index (χ0) is 14.3. The molecule has 0 heterocycles. The standard InChI is InChI=1S/C17H29NO/c1-6-11-18-17(7-2)15-9-8-10-16(12-15)19-14(5)13(3)4/h8-10,12-14,17-18H,6-7,11H2,1-5H3. The zero-order valence-corrected chi connectivity index (χ0v) is 13.1. The predicted octanol–water partition coefficient (Wildman–Crippen LogP) is 4.56. The molecule has 1 N–H and O–H groups in total. The van der Waals surface area contributed by atoms with Gasteiger partial charge in [0, 0.05) is 6.04 Å². The Kier molecular flexibility index (Phi) is 6.93. The van der Waals surface area contributed by atoms with Gasteiger partial charge in [-0.3, -0.25) is 0 Å². The van der Waals surface area contributed by atoms with E-state index in [1.807, 2.05) is 0 Å². The molecule has 0 saturated heterocycles. The van der Waals surface area contributed by atoms with Crippen LogP contribution in [0.15, 0.2) is 24.3 Å². The van der Waals surface area contributed by atoms with Crippen LogP contribution in [0.25, 0.3) is 0 Å². The van der Waals surface area contributed by atoms with Gasteiger partial charge in [-0.2, -0.15) is 0 Å². The average Bonchev–Trinajstić information content (AvgIpc) is 2.40. The summed E-state index contributed by atoms with van der Waals surface area (Å²) in [5.74, 6) is 1.51. The lowest BCUT2D eigenvalue weighted by Crippen LogP contribution is -2.22. The maximum Gasteiger partial charge on any atom is 0.120 e. The maximum atomic E-state index is 5.99. The second kappa shape index (κ2) is 8.21. The predicted molar refractivity (Wildman–Crippen MR) is 82.7 cm³/mol. The van der Waals surface area contributed by atoms with Crippen molar-refractivity contribution in [1.29, 1.82) is 0 Å². The summed E-state index contributed by atoms with van der Waals surface area (Å²) >= 11 is 0. The minimum atomic E-state index is 0.249. The Balaban J connectivity index is 2.74. The molecule has 2 atom stereocenters. The first kappa shape index (κ1) is 16.0. The molecule has 0 bridgehead atoms. The van der Waals surface area contributed by atoms with Crippen LogP contribution in [0.2, 0.25) is 0 Å². The van der Waals surface area contributed by atoms with Crippen molar-refractivity contribution in [2.24, 2.45) is 5.92 Å². The molecule has 2 nitrogen and oxygen atoms in total. The van der Waals surface area contributed by atoms with Gasteiger partial charge in [0.05, 0.1) is 6.10 Å². The fraction of sp³-hybridized carbons (Fsp3) is 0.647. The summed E-state index contributed by atoms with van der Waals surface area (Å²) in [6.45, 7) is 12.0. The Hall–Kier alpha value is -1.02. The smallest absolute Gasteiger partial charge is 0.120 e. The van der Waals surface area contributed by atoms with Crippen molar-refractivity contribution < 1.29 is 4.74 Å². The molecular weight excluding hydrogens is 234 g/mol. The lowest BCUT2D eigenvalue weighted by Gasteiger charge is -2.21. The molecule has 0 radical (unpaired) electrons. The molecule has 1 rings (SSSR count). The fourth-order valence-electron chi connectivity index (χ4n) is 1.97. The third-order valence-electron chi connectivity index (χ3n) is 3.57. The first-order valence-corrected chi connectivity index (χ1v) is 7.58. The highest BCUT2D eigenvalue weighted by atomic mass is 16.5. The summed E-state index contributed by atoms with van der Waals surface area (Å²) in [5.41, 5.74) is 1.32. The zero-order valence-electron chi connectivity index (χ0n) is 13.1.